The summed E-state index contributed by atoms with van der Waals surface area (Å²) in [7, 11) is 0. The highest BCUT2D eigenvalue weighted by atomic mass is 79.9. The van der Waals surface area contributed by atoms with Gasteiger partial charge in [-0.15, -0.1) is 0 Å². The van der Waals surface area contributed by atoms with E-state index in [1.54, 1.807) is 12.3 Å². The average molecular weight is 243 g/mol. The Labute approximate surface area is 83.5 Å². The van der Waals surface area contributed by atoms with Crippen LogP contribution >= 0.6 is 15.9 Å². The molecule has 0 fully saturated rings. The number of halogens is 1. The summed E-state index contributed by atoms with van der Waals surface area (Å²) in [5, 5.41) is 14.6. The molecule has 1 rings (SSSR count). The highest BCUT2D eigenvalue weighted by molar-refractivity contribution is 9.10. The maximum atomic E-state index is 11.0. The molecule has 0 aliphatic heterocycles. The summed E-state index contributed by atoms with van der Waals surface area (Å²) >= 11 is 3.16. The van der Waals surface area contributed by atoms with Crippen molar-refractivity contribution in [3.05, 3.63) is 16.9 Å². The lowest BCUT2D eigenvalue weighted by molar-refractivity contribution is -0.121. The van der Waals surface area contributed by atoms with Gasteiger partial charge in [-0.3, -0.25) is 9.48 Å². The number of carbonyl (C=O) groups excluding carboxylic acids is 1. The van der Waals surface area contributed by atoms with Crippen molar-refractivity contribution in [3.63, 3.8) is 0 Å². The molecule has 0 saturated carbocycles. The van der Waals surface area contributed by atoms with Crippen molar-refractivity contribution in [1.82, 2.24) is 15.1 Å². The Morgan fingerprint density at radius 2 is 2.62 bits per heavy atom. The number of nitrogens with zero attached hydrogens (tertiary/aromatic N) is 3. The second-order valence-corrected chi connectivity index (χ2v) is 3.08. The number of hydrogen-bond donors (Lipinski definition) is 1. The number of aromatic nitrogens is 2. The van der Waals surface area contributed by atoms with E-state index in [0.717, 1.165) is 0 Å². The van der Waals surface area contributed by atoms with Crippen molar-refractivity contribution < 1.29 is 4.79 Å². The van der Waals surface area contributed by atoms with Crippen LogP contribution in [-0.4, -0.2) is 22.2 Å². The first-order valence-electron chi connectivity index (χ1n) is 3.55. The van der Waals surface area contributed by atoms with Crippen LogP contribution in [0.2, 0.25) is 0 Å². The van der Waals surface area contributed by atoms with E-state index in [9.17, 15) is 4.79 Å². The van der Waals surface area contributed by atoms with Crippen molar-refractivity contribution in [1.29, 1.82) is 5.26 Å². The largest absolute Gasteiger partial charge is 0.341 e. The van der Waals surface area contributed by atoms with Gasteiger partial charge in [-0.05, 0) is 22.0 Å². The maximum absolute atomic E-state index is 11.0. The second-order valence-electron chi connectivity index (χ2n) is 2.27. The summed E-state index contributed by atoms with van der Waals surface area (Å²) < 4.78 is 2.16. The number of carbonyl (C=O) groups is 1. The molecule has 1 aromatic heterocycles. The number of amides is 1. The number of rotatable bonds is 3. The third-order valence-corrected chi connectivity index (χ3v) is 1.70. The Morgan fingerprint density at radius 1 is 1.85 bits per heavy atom. The minimum atomic E-state index is -0.225. The van der Waals surface area contributed by atoms with Gasteiger partial charge in [-0.1, -0.05) is 0 Å². The maximum Gasteiger partial charge on any atom is 0.242 e. The quantitative estimate of drug-likeness (QED) is 0.775. The molecular weight excluding hydrogens is 236 g/mol. The Hall–Kier alpha value is -1.35. The van der Waals surface area contributed by atoms with Crippen LogP contribution in [0.15, 0.2) is 16.9 Å². The molecule has 0 aromatic carbocycles. The van der Waals surface area contributed by atoms with Crippen molar-refractivity contribution in [2.75, 3.05) is 6.54 Å². The van der Waals surface area contributed by atoms with Gasteiger partial charge in [-0.25, -0.2) is 0 Å². The summed E-state index contributed by atoms with van der Waals surface area (Å²) in [6, 6.07) is 3.55. The fourth-order valence-electron chi connectivity index (χ4n) is 0.766. The van der Waals surface area contributed by atoms with E-state index in [1.807, 2.05) is 6.07 Å². The molecule has 0 bridgehead atoms. The van der Waals surface area contributed by atoms with Crippen LogP contribution in [0.1, 0.15) is 0 Å². The molecule has 1 amide bonds. The lowest BCUT2D eigenvalue weighted by Gasteiger charge is -1.99. The summed E-state index contributed by atoms with van der Waals surface area (Å²) in [5.74, 6) is -0.225. The third-order valence-electron chi connectivity index (χ3n) is 1.28. The molecule has 0 atom stereocenters. The van der Waals surface area contributed by atoms with E-state index in [1.165, 1.54) is 4.68 Å². The summed E-state index contributed by atoms with van der Waals surface area (Å²) in [6.45, 7) is 0.161. The molecule has 1 heterocycles. The van der Waals surface area contributed by atoms with Crippen molar-refractivity contribution in [2.45, 2.75) is 6.54 Å². The normalized spacial score (nSPS) is 9.23. The monoisotopic (exact) mass is 242 g/mol. The third kappa shape index (κ3) is 3.25. The standard InChI is InChI=1S/C7H7BrN4O/c8-6-1-4-12(11-6)5-7(13)10-3-2-9/h1,4H,3,5H2,(H,10,13). The predicted molar refractivity (Wildman–Crippen MR) is 48.5 cm³/mol. The van der Waals surface area contributed by atoms with E-state index >= 15 is 0 Å². The van der Waals surface area contributed by atoms with Crippen LogP contribution in [0, 0.1) is 11.3 Å². The van der Waals surface area contributed by atoms with Crippen molar-refractivity contribution in [3.8, 4) is 6.07 Å². The predicted octanol–water partition coefficient (Wildman–Crippen LogP) is 0.285. The molecule has 68 valence electrons. The van der Waals surface area contributed by atoms with Crippen LogP contribution < -0.4 is 5.32 Å². The fraction of sp³-hybridized carbons (Fsp3) is 0.286. The fourth-order valence-corrected chi connectivity index (χ4v) is 1.09. The molecule has 0 unspecified atom stereocenters. The summed E-state index contributed by atoms with van der Waals surface area (Å²) in [4.78, 5) is 11.0. The zero-order valence-corrected chi connectivity index (χ0v) is 8.28. The SMILES string of the molecule is N#CCNC(=O)Cn1ccc(Br)n1. The van der Waals surface area contributed by atoms with Gasteiger partial charge in [0.05, 0.1) is 6.07 Å². The van der Waals surface area contributed by atoms with Crippen LogP contribution in [-0.2, 0) is 11.3 Å². The van der Waals surface area contributed by atoms with Crippen LogP contribution in [0.4, 0.5) is 0 Å². The molecule has 1 N–H and O–H groups in total. The first kappa shape index (κ1) is 9.74. The molecule has 6 heteroatoms. The Balaban J connectivity index is 2.41. The van der Waals surface area contributed by atoms with Crippen LogP contribution in [0.25, 0.3) is 0 Å². The molecule has 5 nitrogen and oxygen atoms in total. The lowest BCUT2D eigenvalue weighted by Crippen LogP contribution is -2.27. The van der Waals surface area contributed by atoms with Gasteiger partial charge >= 0.3 is 0 Å². The molecule has 13 heavy (non-hydrogen) atoms. The highest BCUT2D eigenvalue weighted by Gasteiger charge is 2.02. The first-order valence-corrected chi connectivity index (χ1v) is 4.34. The van der Waals surface area contributed by atoms with Gasteiger partial charge in [0.1, 0.15) is 17.7 Å². The lowest BCUT2D eigenvalue weighted by atomic mass is 10.5. The highest BCUT2D eigenvalue weighted by Crippen LogP contribution is 2.03. The summed E-state index contributed by atoms with van der Waals surface area (Å²) in [5.41, 5.74) is 0. The molecule has 0 spiro atoms. The Kier molecular flexibility index (Phi) is 3.46. The van der Waals surface area contributed by atoms with Gasteiger partial charge in [-0.2, -0.15) is 10.4 Å². The molecule has 0 saturated heterocycles. The van der Waals surface area contributed by atoms with E-state index in [-0.39, 0.29) is 19.0 Å². The zero-order valence-electron chi connectivity index (χ0n) is 6.70. The van der Waals surface area contributed by atoms with E-state index in [0.29, 0.717) is 4.60 Å². The number of hydrogen-bond acceptors (Lipinski definition) is 3. The number of nitriles is 1. The average Bonchev–Trinajstić information content (AvgIpc) is 2.48. The van der Waals surface area contributed by atoms with E-state index < -0.39 is 0 Å². The topological polar surface area (TPSA) is 70.7 Å². The molecule has 0 radical (unpaired) electrons. The summed E-state index contributed by atoms with van der Waals surface area (Å²) in [6.07, 6.45) is 1.68. The van der Waals surface area contributed by atoms with Gasteiger partial charge in [0.2, 0.25) is 5.91 Å². The minimum Gasteiger partial charge on any atom is -0.341 e. The van der Waals surface area contributed by atoms with Gasteiger partial charge < -0.3 is 5.32 Å². The smallest absolute Gasteiger partial charge is 0.242 e. The first-order chi connectivity index (χ1) is 6.22. The van der Waals surface area contributed by atoms with Crippen LogP contribution in [0.3, 0.4) is 0 Å². The molecule has 0 aliphatic carbocycles. The van der Waals surface area contributed by atoms with Gasteiger partial charge in [0, 0.05) is 6.20 Å². The molecular formula is C7H7BrN4O. The van der Waals surface area contributed by atoms with E-state index in [2.05, 4.69) is 26.3 Å². The second kappa shape index (κ2) is 4.62. The number of nitrogens with one attached hydrogen (secondary N) is 1. The zero-order chi connectivity index (χ0) is 9.68. The Bertz CT molecular complexity index is 341. The molecule has 0 aliphatic rings. The van der Waals surface area contributed by atoms with Crippen molar-refractivity contribution >= 4 is 21.8 Å². The van der Waals surface area contributed by atoms with Crippen LogP contribution in [0.5, 0.6) is 0 Å². The minimum absolute atomic E-state index is 0.0290. The van der Waals surface area contributed by atoms with E-state index in [4.69, 9.17) is 5.26 Å². The Morgan fingerprint density at radius 3 is 3.15 bits per heavy atom. The van der Waals surface area contributed by atoms with Gasteiger partial charge in [0.15, 0.2) is 0 Å². The van der Waals surface area contributed by atoms with Crippen molar-refractivity contribution in [2.24, 2.45) is 0 Å². The van der Waals surface area contributed by atoms with Gasteiger partial charge in [0.25, 0.3) is 0 Å². The molecule has 1 aromatic rings.